The number of benzene rings is 2. The Kier molecular flexibility index (Phi) is 9.17. The van der Waals surface area contributed by atoms with Gasteiger partial charge in [-0.25, -0.2) is 13.9 Å². The maximum Gasteiger partial charge on any atom is 0.232 e. The molecule has 1 atom stereocenters. The van der Waals surface area contributed by atoms with Crippen LogP contribution in [0.25, 0.3) is 0 Å². The molecule has 4 N–H and O–H groups in total. The molecule has 198 valence electrons. The molecule has 0 radical (unpaired) electrons. The molecule has 10 nitrogen and oxygen atoms in total. The third-order valence-corrected chi connectivity index (χ3v) is 7.06. The molecular formula is C25H32ClN7O3S. The Morgan fingerprint density at radius 3 is 2.62 bits per heavy atom. The normalized spacial score (nSPS) is 15.0. The third kappa shape index (κ3) is 7.08. The second-order valence-electron chi connectivity index (χ2n) is 8.93. The van der Waals surface area contributed by atoms with Crippen molar-refractivity contribution in [2.75, 3.05) is 49.8 Å². The van der Waals surface area contributed by atoms with Gasteiger partial charge in [-0.1, -0.05) is 29.8 Å². The zero-order valence-electron chi connectivity index (χ0n) is 21.1. The lowest BCUT2D eigenvalue weighted by atomic mass is 10.0. The van der Waals surface area contributed by atoms with Gasteiger partial charge in [-0.3, -0.25) is 4.55 Å². The molecule has 1 aliphatic heterocycles. The van der Waals surface area contributed by atoms with Gasteiger partial charge < -0.3 is 25.2 Å². The molecule has 0 saturated carbocycles. The molecule has 1 fully saturated rings. The molecule has 2 aromatic carbocycles. The fourth-order valence-electron chi connectivity index (χ4n) is 4.32. The monoisotopic (exact) mass is 545 g/mol. The molecule has 0 amide bonds. The number of nitrogens with one attached hydrogen (secondary N) is 3. The summed E-state index contributed by atoms with van der Waals surface area (Å²) in [7, 11) is 5.92. The van der Waals surface area contributed by atoms with E-state index in [0.717, 1.165) is 42.9 Å². The molecule has 12 heteroatoms. The number of rotatable bonds is 10. The average molecular weight is 546 g/mol. The van der Waals surface area contributed by atoms with E-state index in [1.54, 1.807) is 7.11 Å². The van der Waals surface area contributed by atoms with Crippen molar-refractivity contribution >= 4 is 51.7 Å². The van der Waals surface area contributed by atoms with Gasteiger partial charge in [0, 0.05) is 43.1 Å². The van der Waals surface area contributed by atoms with Crippen LogP contribution in [-0.2, 0) is 17.8 Å². The maximum atomic E-state index is 11.0. The minimum atomic E-state index is -2.12. The molecule has 1 aromatic heterocycles. The quantitative estimate of drug-likeness (QED) is 0.275. The summed E-state index contributed by atoms with van der Waals surface area (Å²) < 4.78 is 28.2. The predicted molar refractivity (Wildman–Crippen MR) is 150 cm³/mol. The molecule has 2 heterocycles. The van der Waals surface area contributed by atoms with Crippen LogP contribution in [0.15, 0.2) is 48.7 Å². The zero-order valence-corrected chi connectivity index (χ0v) is 22.6. The van der Waals surface area contributed by atoms with Crippen molar-refractivity contribution < 1.29 is 13.5 Å². The molecule has 0 spiro atoms. The molecule has 37 heavy (non-hydrogen) atoms. The molecule has 1 aliphatic rings. The Labute approximate surface area is 224 Å². The molecule has 4 rings (SSSR count). The van der Waals surface area contributed by atoms with Crippen LogP contribution in [0.3, 0.4) is 0 Å². The number of aromatic nitrogens is 2. The van der Waals surface area contributed by atoms with E-state index in [9.17, 15) is 4.21 Å². The highest BCUT2D eigenvalue weighted by molar-refractivity contribution is 7.77. The van der Waals surface area contributed by atoms with Gasteiger partial charge in [-0.15, -0.1) is 0 Å². The van der Waals surface area contributed by atoms with E-state index < -0.39 is 11.3 Å². The lowest BCUT2D eigenvalue weighted by Crippen LogP contribution is -2.41. The zero-order chi connectivity index (χ0) is 26.4. The van der Waals surface area contributed by atoms with Crippen LogP contribution in [0.2, 0.25) is 5.02 Å². The Hall–Kier alpha value is -2.96. The molecule has 1 saturated heterocycles. The van der Waals surface area contributed by atoms with Crippen LogP contribution < -0.4 is 25.0 Å². The van der Waals surface area contributed by atoms with Gasteiger partial charge >= 0.3 is 0 Å². The van der Waals surface area contributed by atoms with Crippen molar-refractivity contribution in [2.45, 2.75) is 25.4 Å². The van der Waals surface area contributed by atoms with Crippen molar-refractivity contribution in [1.82, 2.24) is 19.6 Å². The molecule has 1 unspecified atom stereocenters. The van der Waals surface area contributed by atoms with Crippen LogP contribution in [0.1, 0.15) is 18.4 Å². The highest BCUT2D eigenvalue weighted by Crippen LogP contribution is 2.34. The maximum absolute atomic E-state index is 11.0. The number of methoxy groups -OCH3 is 1. The largest absolute Gasteiger partial charge is 0.494 e. The topological polar surface area (TPSA) is 115 Å². The van der Waals surface area contributed by atoms with Crippen molar-refractivity contribution in [2.24, 2.45) is 0 Å². The van der Waals surface area contributed by atoms with Gasteiger partial charge in [0.05, 0.1) is 19.0 Å². The first-order valence-electron chi connectivity index (χ1n) is 11.9. The minimum absolute atomic E-state index is 0.191. The number of hydrogen-bond acceptors (Lipinski definition) is 8. The van der Waals surface area contributed by atoms with Crippen molar-refractivity contribution in [3.05, 3.63) is 59.2 Å². The van der Waals surface area contributed by atoms with E-state index in [1.807, 2.05) is 36.4 Å². The minimum Gasteiger partial charge on any atom is -0.494 e. The van der Waals surface area contributed by atoms with Gasteiger partial charge in [-0.05, 0) is 50.7 Å². The molecular weight excluding hydrogens is 514 g/mol. The molecule has 0 bridgehead atoms. The summed E-state index contributed by atoms with van der Waals surface area (Å²) in [6.45, 7) is 2.19. The Morgan fingerprint density at radius 2 is 1.92 bits per heavy atom. The summed E-state index contributed by atoms with van der Waals surface area (Å²) in [5, 5.41) is 6.76. The van der Waals surface area contributed by atoms with E-state index in [0.29, 0.717) is 34.3 Å². The van der Waals surface area contributed by atoms with Crippen molar-refractivity contribution in [3.8, 4) is 5.75 Å². The van der Waals surface area contributed by atoms with Gasteiger partial charge in [0.25, 0.3) is 0 Å². The number of halogens is 1. The Balaban J connectivity index is 1.49. The number of nitrogens with zero attached hydrogens (tertiary/aromatic N) is 4. The number of hydrogen-bond donors (Lipinski definition) is 4. The number of para-hydroxylation sites is 1. The fourth-order valence-corrected chi connectivity index (χ4v) is 4.74. The lowest BCUT2D eigenvalue weighted by molar-refractivity contribution is 0.249. The summed E-state index contributed by atoms with van der Waals surface area (Å²) in [4.78, 5) is 13.5. The van der Waals surface area contributed by atoms with E-state index in [-0.39, 0.29) is 6.54 Å². The second kappa shape index (κ2) is 12.5. The standard InChI is InChI=1S/C25H32ClN7O3S/c1-32(2)18-10-12-33(13-11-18)19-8-9-22(23(14-19)36-3)30-25-27-16-20(26)24(31-25)29-21-7-5-4-6-17(21)15-28-37(34)35/h4-9,14,16,18,28H,10-13,15H2,1-3H3,(H,34,35)(H2,27,29,30,31). The fraction of sp³-hybridized carbons (Fsp3) is 0.360. The highest BCUT2D eigenvalue weighted by atomic mass is 35.5. The summed E-state index contributed by atoms with van der Waals surface area (Å²) in [5.74, 6) is 1.43. The van der Waals surface area contributed by atoms with Crippen LogP contribution in [0.4, 0.5) is 28.8 Å². The van der Waals surface area contributed by atoms with E-state index in [2.05, 4.69) is 55.3 Å². The Morgan fingerprint density at radius 1 is 1.16 bits per heavy atom. The first kappa shape index (κ1) is 27.1. The number of anilines is 5. The average Bonchev–Trinajstić information content (AvgIpc) is 2.90. The molecule has 0 aliphatic carbocycles. The SMILES string of the molecule is COc1cc(N2CCC(N(C)C)CC2)ccc1Nc1ncc(Cl)c(Nc2ccccc2CNS(=O)O)n1. The smallest absolute Gasteiger partial charge is 0.232 e. The molecule has 3 aromatic rings. The number of ether oxygens (including phenoxy) is 1. The summed E-state index contributed by atoms with van der Waals surface area (Å²) in [6, 6.07) is 14.1. The van der Waals surface area contributed by atoms with E-state index >= 15 is 0 Å². The summed E-state index contributed by atoms with van der Waals surface area (Å²) in [5.41, 5.74) is 3.33. The second-order valence-corrected chi connectivity index (χ2v) is 10.1. The summed E-state index contributed by atoms with van der Waals surface area (Å²) in [6.07, 6.45) is 3.76. The third-order valence-electron chi connectivity index (χ3n) is 6.39. The van der Waals surface area contributed by atoms with Crippen LogP contribution >= 0.6 is 11.6 Å². The van der Waals surface area contributed by atoms with Crippen molar-refractivity contribution in [3.63, 3.8) is 0 Å². The van der Waals surface area contributed by atoms with Crippen LogP contribution in [0.5, 0.6) is 5.75 Å². The van der Waals surface area contributed by atoms with E-state index in [4.69, 9.17) is 20.9 Å². The van der Waals surface area contributed by atoms with Crippen LogP contribution in [0, 0.1) is 0 Å². The van der Waals surface area contributed by atoms with Crippen molar-refractivity contribution in [1.29, 1.82) is 0 Å². The highest BCUT2D eigenvalue weighted by Gasteiger charge is 2.21. The lowest BCUT2D eigenvalue weighted by Gasteiger charge is -2.36. The van der Waals surface area contributed by atoms with Gasteiger partial charge in [-0.2, -0.15) is 4.98 Å². The van der Waals surface area contributed by atoms with Gasteiger partial charge in [0.2, 0.25) is 17.2 Å². The van der Waals surface area contributed by atoms with Gasteiger partial charge in [0.1, 0.15) is 10.8 Å². The first-order valence-corrected chi connectivity index (χ1v) is 13.4. The summed E-state index contributed by atoms with van der Waals surface area (Å²) >= 11 is 4.25. The number of piperidine rings is 1. The van der Waals surface area contributed by atoms with Gasteiger partial charge in [0.15, 0.2) is 5.82 Å². The Bertz CT molecular complexity index is 1240. The van der Waals surface area contributed by atoms with Crippen LogP contribution in [-0.4, -0.2) is 64.0 Å². The van der Waals surface area contributed by atoms with E-state index in [1.165, 1.54) is 6.20 Å². The predicted octanol–water partition coefficient (Wildman–Crippen LogP) is 4.38. The first-order chi connectivity index (χ1) is 17.8.